The third-order valence-electron chi connectivity index (χ3n) is 5.15. The fraction of sp³-hybridized carbons (Fsp3) is 0.421. The van der Waals surface area contributed by atoms with Crippen LogP contribution in [0.5, 0.6) is 0 Å². The van der Waals surface area contributed by atoms with Crippen LogP contribution in [-0.2, 0) is 0 Å². The zero-order valence-corrected chi connectivity index (χ0v) is 18.3. The second kappa shape index (κ2) is 7.90. The first-order chi connectivity index (χ1) is 14.3. The minimum Gasteiger partial charge on any atom is -0.368 e. The Balaban J connectivity index is 1.46. The van der Waals surface area contributed by atoms with Crippen LogP contribution in [0.3, 0.4) is 0 Å². The Morgan fingerprint density at radius 1 is 1.27 bits per heavy atom. The standard InChI is InChI=1S/C19H25N9OS/c1-11-9-27(19(29)23-13-5-6-14(26(3)4)22-12(13)2)7-8-28(11)16-15-17(30-10-21-15)25-18(20)24-16/h5-6,10-11H,7-9H2,1-4H3,(H,23,29)(H2,20,24,25)/t11-/m0/s1. The maximum Gasteiger partial charge on any atom is 0.322 e. The van der Waals surface area contributed by atoms with Crippen LogP contribution in [0.15, 0.2) is 17.6 Å². The van der Waals surface area contributed by atoms with Gasteiger partial charge in [0.15, 0.2) is 10.6 Å². The molecular formula is C19H25N9OS. The van der Waals surface area contributed by atoms with Crippen LogP contribution in [0.2, 0.25) is 0 Å². The molecular weight excluding hydrogens is 402 g/mol. The van der Waals surface area contributed by atoms with E-state index in [0.29, 0.717) is 25.3 Å². The lowest BCUT2D eigenvalue weighted by atomic mass is 10.2. The molecule has 158 valence electrons. The van der Waals surface area contributed by atoms with Gasteiger partial charge >= 0.3 is 6.03 Å². The summed E-state index contributed by atoms with van der Waals surface area (Å²) in [6.07, 6.45) is 0. The molecule has 30 heavy (non-hydrogen) atoms. The molecule has 0 spiro atoms. The number of carbonyl (C=O) groups is 1. The summed E-state index contributed by atoms with van der Waals surface area (Å²) in [7, 11) is 3.87. The number of aryl methyl sites for hydroxylation is 1. The molecule has 11 heteroatoms. The highest BCUT2D eigenvalue weighted by Crippen LogP contribution is 2.29. The second-order valence-electron chi connectivity index (χ2n) is 7.53. The monoisotopic (exact) mass is 427 g/mol. The number of nitrogens with one attached hydrogen (secondary N) is 1. The summed E-state index contributed by atoms with van der Waals surface area (Å²) in [6, 6.07) is 3.70. The summed E-state index contributed by atoms with van der Waals surface area (Å²) in [5.74, 6) is 1.81. The van der Waals surface area contributed by atoms with Crippen LogP contribution in [0.25, 0.3) is 10.3 Å². The topological polar surface area (TPSA) is 116 Å². The molecule has 4 rings (SSSR count). The van der Waals surface area contributed by atoms with Crippen LogP contribution in [0, 0.1) is 6.92 Å². The number of nitrogens with two attached hydrogens (primary N) is 1. The molecule has 0 saturated carbocycles. The molecule has 2 amide bonds. The maximum absolute atomic E-state index is 12.9. The fourth-order valence-electron chi connectivity index (χ4n) is 3.54. The molecule has 1 saturated heterocycles. The van der Waals surface area contributed by atoms with Crippen molar-refractivity contribution >= 4 is 51.0 Å². The molecule has 4 heterocycles. The summed E-state index contributed by atoms with van der Waals surface area (Å²) in [4.78, 5) is 37.1. The zero-order chi connectivity index (χ0) is 21.4. The number of pyridine rings is 1. The van der Waals surface area contributed by atoms with E-state index in [1.165, 1.54) is 11.3 Å². The number of hydrogen-bond donors (Lipinski definition) is 2. The summed E-state index contributed by atoms with van der Waals surface area (Å²) < 4.78 is 0. The van der Waals surface area contributed by atoms with Crippen molar-refractivity contribution in [1.29, 1.82) is 0 Å². The second-order valence-corrected chi connectivity index (χ2v) is 8.36. The van der Waals surface area contributed by atoms with Gasteiger partial charge in [-0.1, -0.05) is 0 Å². The van der Waals surface area contributed by atoms with E-state index in [1.807, 2.05) is 43.0 Å². The number of amides is 2. The Kier molecular flexibility index (Phi) is 5.29. The van der Waals surface area contributed by atoms with Crippen molar-refractivity contribution < 1.29 is 4.79 Å². The van der Waals surface area contributed by atoms with Crippen LogP contribution in [0.4, 0.5) is 28.1 Å². The SMILES string of the molecule is Cc1nc(N(C)C)ccc1NC(=O)N1CCN(c2nc(N)nc3scnc23)[C@@H](C)C1. The van der Waals surface area contributed by atoms with Crippen LogP contribution in [-0.4, -0.2) is 70.6 Å². The lowest BCUT2D eigenvalue weighted by molar-refractivity contribution is 0.200. The van der Waals surface area contributed by atoms with Crippen molar-refractivity contribution in [3.05, 3.63) is 23.3 Å². The van der Waals surface area contributed by atoms with Gasteiger partial charge in [-0.3, -0.25) is 0 Å². The van der Waals surface area contributed by atoms with Gasteiger partial charge < -0.3 is 25.8 Å². The maximum atomic E-state index is 12.9. The quantitative estimate of drug-likeness (QED) is 0.653. The van der Waals surface area contributed by atoms with Gasteiger partial charge in [-0.2, -0.15) is 4.98 Å². The van der Waals surface area contributed by atoms with E-state index in [9.17, 15) is 4.79 Å². The predicted octanol–water partition coefficient (Wildman–Crippen LogP) is 2.18. The third kappa shape index (κ3) is 3.80. The number of aromatic nitrogens is 4. The van der Waals surface area contributed by atoms with Crippen molar-refractivity contribution in [3.8, 4) is 0 Å². The number of hydrogen-bond acceptors (Lipinski definition) is 9. The Morgan fingerprint density at radius 2 is 2.07 bits per heavy atom. The van der Waals surface area contributed by atoms with Gasteiger partial charge in [0.05, 0.1) is 16.9 Å². The number of rotatable bonds is 3. The zero-order valence-electron chi connectivity index (χ0n) is 17.5. The molecule has 1 fully saturated rings. The molecule has 3 aromatic rings. The van der Waals surface area contributed by atoms with Gasteiger partial charge in [0.1, 0.15) is 11.3 Å². The van der Waals surface area contributed by atoms with Gasteiger partial charge in [-0.25, -0.2) is 19.7 Å². The highest BCUT2D eigenvalue weighted by molar-refractivity contribution is 7.16. The summed E-state index contributed by atoms with van der Waals surface area (Å²) in [6.45, 7) is 5.71. The number of piperazine rings is 1. The van der Waals surface area contributed by atoms with Crippen molar-refractivity contribution in [2.45, 2.75) is 19.9 Å². The molecule has 10 nitrogen and oxygen atoms in total. The number of fused-ring (bicyclic) bond motifs is 1. The van der Waals surface area contributed by atoms with E-state index in [1.54, 1.807) is 5.51 Å². The first-order valence-electron chi connectivity index (χ1n) is 9.67. The number of carbonyl (C=O) groups excluding carboxylic acids is 1. The minimum absolute atomic E-state index is 0.0547. The molecule has 0 radical (unpaired) electrons. The number of nitrogen functional groups attached to an aromatic ring is 1. The van der Waals surface area contributed by atoms with E-state index in [2.05, 4.69) is 37.1 Å². The molecule has 3 N–H and O–H groups in total. The molecule has 0 aromatic carbocycles. The lowest BCUT2D eigenvalue weighted by Gasteiger charge is -2.40. The number of nitrogens with zero attached hydrogens (tertiary/aromatic N) is 7. The summed E-state index contributed by atoms with van der Waals surface area (Å²) >= 11 is 1.44. The molecule has 0 unspecified atom stereocenters. The Morgan fingerprint density at radius 3 is 2.77 bits per heavy atom. The molecule has 1 aliphatic rings. The van der Waals surface area contributed by atoms with Crippen molar-refractivity contribution in [1.82, 2.24) is 24.8 Å². The number of urea groups is 1. The van der Waals surface area contributed by atoms with E-state index < -0.39 is 0 Å². The largest absolute Gasteiger partial charge is 0.368 e. The van der Waals surface area contributed by atoms with Crippen molar-refractivity contribution in [2.24, 2.45) is 0 Å². The minimum atomic E-state index is -0.134. The Bertz CT molecular complexity index is 1080. The van der Waals surface area contributed by atoms with E-state index in [0.717, 1.165) is 27.7 Å². The normalized spacial score (nSPS) is 16.7. The Labute approximate surface area is 178 Å². The van der Waals surface area contributed by atoms with Crippen molar-refractivity contribution in [2.75, 3.05) is 54.6 Å². The molecule has 0 bridgehead atoms. The third-order valence-corrected chi connectivity index (χ3v) is 5.87. The smallest absolute Gasteiger partial charge is 0.322 e. The summed E-state index contributed by atoms with van der Waals surface area (Å²) in [5, 5.41) is 2.99. The molecule has 1 aliphatic heterocycles. The average molecular weight is 428 g/mol. The van der Waals surface area contributed by atoms with Crippen LogP contribution in [0.1, 0.15) is 12.6 Å². The molecule has 1 atom stereocenters. The van der Waals surface area contributed by atoms with Crippen molar-refractivity contribution in [3.63, 3.8) is 0 Å². The van der Waals surface area contributed by atoms with Gasteiger partial charge in [-0.15, -0.1) is 11.3 Å². The highest BCUT2D eigenvalue weighted by atomic mass is 32.1. The molecule has 0 aliphatic carbocycles. The number of anilines is 4. The first-order valence-corrected chi connectivity index (χ1v) is 10.6. The van der Waals surface area contributed by atoms with Crippen LogP contribution >= 0.6 is 11.3 Å². The van der Waals surface area contributed by atoms with Gasteiger partial charge in [0.25, 0.3) is 0 Å². The summed E-state index contributed by atoms with van der Waals surface area (Å²) in [5.41, 5.74) is 9.88. The van der Waals surface area contributed by atoms with Gasteiger partial charge in [0, 0.05) is 39.8 Å². The highest BCUT2D eigenvalue weighted by Gasteiger charge is 2.30. The van der Waals surface area contributed by atoms with E-state index >= 15 is 0 Å². The van der Waals surface area contributed by atoms with E-state index in [4.69, 9.17) is 5.73 Å². The van der Waals surface area contributed by atoms with Gasteiger partial charge in [0.2, 0.25) is 5.95 Å². The lowest BCUT2D eigenvalue weighted by Crippen LogP contribution is -2.55. The first kappa shape index (κ1) is 20.1. The Hall–Kier alpha value is -3.21. The molecule has 3 aromatic heterocycles. The van der Waals surface area contributed by atoms with Crippen LogP contribution < -0.4 is 20.9 Å². The van der Waals surface area contributed by atoms with Gasteiger partial charge in [-0.05, 0) is 26.0 Å². The predicted molar refractivity (Wildman–Crippen MR) is 120 cm³/mol. The van der Waals surface area contributed by atoms with E-state index in [-0.39, 0.29) is 18.0 Å². The number of thiazole rings is 1. The average Bonchev–Trinajstić information content (AvgIpc) is 3.17. The fourth-order valence-corrected chi connectivity index (χ4v) is 4.20.